The van der Waals surface area contributed by atoms with Crippen molar-refractivity contribution in [2.75, 3.05) is 0 Å². The minimum absolute atomic E-state index is 0.272. The summed E-state index contributed by atoms with van der Waals surface area (Å²) >= 11 is 0. The van der Waals surface area contributed by atoms with E-state index in [1.54, 1.807) is 18.2 Å². The molecule has 118 valence electrons. The van der Waals surface area contributed by atoms with Crippen LogP contribution in [0.1, 0.15) is 19.2 Å². The Morgan fingerprint density at radius 1 is 1.22 bits per heavy atom. The first-order chi connectivity index (χ1) is 11.1. The summed E-state index contributed by atoms with van der Waals surface area (Å²) in [6, 6.07) is 8.97. The van der Waals surface area contributed by atoms with Crippen molar-refractivity contribution in [3.63, 3.8) is 0 Å². The zero-order valence-corrected chi connectivity index (χ0v) is 12.6. The number of H-pyrrole nitrogens is 1. The molecule has 0 amide bonds. The summed E-state index contributed by atoms with van der Waals surface area (Å²) in [5, 5.41) is 10.5. The zero-order chi connectivity index (χ0) is 16.4. The summed E-state index contributed by atoms with van der Waals surface area (Å²) in [5.74, 6) is 0.158. The number of aromatic amines is 1. The summed E-state index contributed by atoms with van der Waals surface area (Å²) < 4.78 is 14.2. The summed E-state index contributed by atoms with van der Waals surface area (Å²) in [5.41, 5.74) is 1.88. The van der Waals surface area contributed by atoms with E-state index in [4.69, 9.17) is 0 Å². The first kappa shape index (κ1) is 15.0. The number of nitrogens with zero attached hydrogens (tertiary/aromatic N) is 2. The number of aromatic nitrogens is 3. The predicted molar refractivity (Wildman–Crippen MR) is 84.9 cm³/mol. The molecule has 0 saturated heterocycles. The van der Waals surface area contributed by atoms with Crippen molar-refractivity contribution in [2.24, 2.45) is 0 Å². The van der Waals surface area contributed by atoms with E-state index in [0.29, 0.717) is 34.8 Å². The lowest BCUT2D eigenvalue weighted by Gasteiger charge is -2.06. The fraction of sp³-hybridized carbons (Fsp3) is 0.176. The molecule has 23 heavy (non-hydrogen) atoms. The van der Waals surface area contributed by atoms with Gasteiger partial charge >= 0.3 is 0 Å². The van der Waals surface area contributed by atoms with E-state index in [1.165, 1.54) is 24.4 Å². The molecule has 2 aromatic heterocycles. The van der Waals surface area contributed by atoms with Crippen LogP contribution in [0.25, 0.3) is 22.5 Å². The average molecular weight is 313 g/mol. The first-order valence-corrected chi connectivity index (χ1v) is 7.36. The molecule has 0 fully saturated rings. The predicted octanol–water partition coefficient (Wildman–Crippen LogP) is 3.23. The van der Waals surface area contributed by atoms with Crippen molar-refractivity contribution in [3.05, 3.63) is 64.6 Å². The molecule has 0 radical (unpaired) electrons. The van der Waals surface area contributed by atoms with Gasteiger partial charge in [0.15, 0.2) is 0 Å². The third kappa shape index (κ3) is 2.88. The highest BCUT2D eigenvalue weighted by molar-refractivity contribution is 5.78. The van der Waals surface area contributed by atoms with Crippen LogP contribution in [-0.4, -0.2) is 19.9 Å². The minimum atomic E-state index is -0.344. The van der Waals surface area contributed by atoms with Crippen LogP contribution in [-0.2, 0) is 6.42 Å². The van der Waals surface area contributed by atoms with Gasteiger partial charge < -0.3 is 10.2 Å². The third-order valence-corrected chi connectivity index (χ3v) is 3.56. The second-order valence-corrected chi connectivity index (χ2v) is 5.24. The molecule has 6 heteroatoms. The second-order valence-electron chi connectivity index (χ2n) is 5.24. The first-order valence-electron chi connectivity index (χ1n) is 7.36. The zero-order valence-electron chi connectivity index (χ0n) is 12.6. The van der Waals surface area contributed by atoms with Gasteiger partial charge in [-0.05, 0) is 36.8 Å². The lowest BCUT2D eigenvalue weighted by atomic mass is 10.1. The van der Waals surface area contributed by atoms with E-state index in [2.05, 4.69) is 9.97 Å². The number of hydrogen-bond acceptors (Lipinski definition) is 3. The highest BCUT2D eigenvalue weighted by Crippen LogP contribution is 2.31. The van der Waals surface area contributed by atoms with E-state index in [9.17, 15) is 14.4 Å². The smallest absolute Gasteiger partial charge is 0.248 e. The average Bonchev–Trinajstić information content (AvgIpc) is 2.85. The fourth-order valence-corrected chi connectivity index (χ4v) is 2.50. The lowest BCUT2D eigenvalue weighted by Crippen LogP contribution is -2.05. The SMILES string of the molecule is CCCc1nc(-c2ccc(F)cc2)c(-c2cc[nH]c(=O)c2)n1O. The van der Waals surface area contributed by atoms with Crippen molar-refractivity contribution in [2.45, 2.75) is 19.8 Å². The number of rotatable bonds is 4. The van der Waals surface area contributed by atoms with Gasteiger partial charge in [-0.15, -0.1) is 0 Å². The van der Waals surface area contributed by atoms with Gasteiger partial charge in [0.25, 0.3) is 0 Å². The van der Waals surface area contributed by atoms with E-state index >= 15 is 0 Å². The molecule has 1 aromatic carbocycles. The number of aryl methyl sites for hydroxylation is 1. The Balaban J connectivity index is 2.23. The summed E-state index contributed by atoms with van der Waals surface area (Å²) in [6.07, 6.45) is 2.92. The van der Waals surface area contributed by atoms with E-state index in [-0.39, 0.29) is 11.4 Å². The minimum Gasteiger partial charge on any atom is -0.427 e. The highest BCUT2D eigenvalue weighted by Gasteiger charge is 2.19. The molecule has 0 aliphatic heterocycles. The van der Waals surface area contributed by atoms with E-state index in [1.807, 2.05) is 6.92 Å². The monoisotopic (exact) mass is 313 g/mol. The molecule has 0 aliphatic carbocycles. The Bertz CT molecular complexity index is 882. The maximum atomic E-state index is 13.2. The Morgan fingerprint density at radius 3 is 2.61 bits per heavy atom. The van der Waals surface area contributed by atoms with Gasteiger partial charge in [-0.3, -0.25) is 4.79 Å². The van der Waals surface area contributed by atoms with Crippen LogP contribution in [0.2, 0.25) is 0 Å². The molecular weight excluding hydrogens is 297 g/mol. The number of imidazole rings is 1. The van der Waals surface area contributed by atoms with Crippen LogP contribution < -0.4 is 5.56 Å². The molecule has 5 nitrogen and oxygen atoms in total. The van der Waals surface area contributed by atoms with Gasteiger partial charge in [0.2, 0.25) is 5.56 Å². The van der Waals surface area contributed by atoms with Gasteiger partial charge in [-0.1, -0.05) is 6.92 Å². The number of nitrogens with one attached hydrogen (secondary N) is 1. The van der Waals surface area contributed by atoms with E-state index < -0.39 is 0 Å². The fourth-order valence-electron chi connectivity index (χ4n) is 2.50. The van der Waals surface area contributed by atoms with Crippen LogP contribution in [0.5, 0.6) is 0 Å². The molecule has 0 unspecified atom stereocenters. The summed E-state index contributed by atoms with van der Waals surface area (Å²) in [6.45, 7) is 1.99. The largest absolute Gasteiger partial charge is 0.427 e. The van der Waals surface area contributed by atoms with Crippen LogP contribution in [0.15, 0.2) is 47.4 Å². The molecule has 2 N–H and O–H groups in total. The molecule has 3 rings (SSSR count). The van der Waals surface area contributed by atoms with Gasteiger partial charge in [-0.2, -0.15) is 4.73 Å². The quantitative estimate of drug-likeness (QED) is 0.726. The van der Waals surface area contributed by atoms with Gasteiger partial charge in [0.1, 0.15) is 23.0 Å². The van der Waals surface area contributed by atoms with Crippen LogP contribution in [0.3, 0.4) is 0 Å². The number of benzene rings is 1. The third-order valence-electron chi connectivity index (χ3n) is 3.56. The Hall–Kier alpha value is -2.89. The van der Waals surface area contributed by atoms with Crippen LogP contribution in [0.4, 0.5) is 4.39 Å². The maximum Gasteiger partial charge on any atom is 0.248 e. The Labute approximate surface area is 132 Å². The topological polar surface area (TPSA) is 70.9 Å². The van der Waals surface area contributed by atoms with Crippen LogP contribution >= 0.6 is 0 Å². The van der Waals surface area contributed by atoms with Gasteiger partial charge in [0.05, 0.1) is 0 Å². The molecule has 0 atom stereocenters. The number of hydrogen-bond donors (Lipinski definition) is 2. The molecule has 0 aliphatic rings. The van der Waals surface area contributed by atoms with Crippen molar-refractivity contribution >= 4 is 0 Å². The normalized spacial score (nSPS) is 10.9. The molecule has 0 spiro atoms. The highest BCUT2D eigenvalue weighted by atomic mass is 19.1. The van der Waals surface area contributed by atoms with Gasteiger partial charge in [-0.25, -0.2) is 9.37 Å². The molecule has 0 bridgehead atoms. The Morgan fingerprint density at radius 2 is 1.96 bits per heavy atom. The second kappa shape index (κ2) is 6.08. The molecular formula is C17H16FN3O2. The van der Waals surface area contributed by atoms with Gasteiger partial charge in [0, 0.05) is 29.8 Å². The van der Waals surface area contributed by atoms with Crippen molar-refractivity contribution < 1.29 is 9.60 Å². The Kier molecular flexibility index (Phi) is 3.97. The number of pyridine rings is 1. The summed E-state index contributed by atoms with van der Waals surface area (Å²) in [7, 11) is 0. The molecule has 2 heterocycles. The van der Waals surface area contributed by atoms with E-state index in [0.717, 1.165) is 11.2 Å². The maximum absolute atomic E-state index is 13.2. The lowest BCUT2D eigenvalue weighted by molar-refractivity contribution is 0.180. The van der Waals surface area contributed by atoms with Crippen molar-refractivity contribution in [1.29, 1.82) is 0 Å². The molecule has 0 saturated carbocycles. The van der Waals surface area contributed by atoms with Crippen molar-refractivity contribution in [3.8, 4) is 22.5 Å². The number of halogens is 1. The molecule has 3 aromatic rings. The van der Waals surface area contributed by atoms with Crippen LogP contribution in [0, 0.1) is 5.82 Å². The standard InChI is InChI=1S/C17H16FN3O2/c1-2-3-14-20-16(11-4-6-13(18)7-5-11)17(21(14)23)12-8-9-19-15(22)10-12/h4-10,23H,2-3H2,1H3,(H,19,22). The van der Waals surface area contributed by atoms with Crippen molar-refractivity contribution in [1.82, 2.24) is 14.7 Å². The summed E-state index contributed by atoms with van der Waals surface area (Å²) in [4.78, 5) is 18.6.